The average Bonchev–Trinajstić information content (AvgIpc) is 2.90. The summed E-state index contributed by atoms with van der Waals surface area (Å²) < 4.78 is 0. The minimum absolute atomic E-state index is 0.171. The van der Waals surface area contributed by atoms with Crippen molar-refractivity contribution in [2.45, 2.75) is 19.9 Å². The molecule has 0 aliphatic heterocycles. The van der Waals surface area contributed by atoms with Crippen molar-refractivity contribution < 1.29 is 0 Å². The second-order valence-corrected chi connectivity index (χ2v) is 5.64. The van der Waals surface area contributed by atoms with Crippen molar-refractivity contribution >= 4 is 22.2 Å². The van der Waals surface area contributed by atoms with E-state index in [0.717, 1.165) is 17.8 Å². The Labute approximate surface area is 122 Å². The number of aryl methyl sites for hydroxylation is 1. The summed E-state index contributed by atoms with van der Waals surface area (Å²) in [5.41, 5.74) is 5.23. The van der Waals surface area contributed by atoms with Gasteiger partial charge in [0.05, 0.1) is 22.8 Å². The molecule has 0 aliphatic carbocycles. The standard InChI is InChI=1S/C16H17N3S/c1-3-17-15(16-11(2)19-10-20-16)13-8-12-6-4-5-7-14(12)18-9-13/h4-10,15,17H,3H2,1-2H3. The predicted molar refractivity (Wildman–Crippen MR) is 84.1 cm³/mol. The lowest BCUT2D eigenvalue weighted by Gasteiger charge is -2.17. The maximum Gasteiger partial charge on any atom is 0.0798 e. The van der Waals surface area contributed by atoms with Crippen LogP contribution in [0.3, 0.4) is 0 Å². The molecule has 0 radical (unpaired) electrons. The summed E-state index contributed by atoms with van der Waals surface area (Å²) in [7, 11) is 0. The molecule has 0 fully saturated rings. The minimum Gasteiger partial charge on any atom is -0.306 e. The van der Waals surface area contributed by atoms with Gasteiger partial charge in [0.25, 0.3) is 0 Å². The van der Waals surface area contributed by atoms with E-state index in [1.165, 1.54) is 15.8 Å². The molecule has 3 nitrogen and oxygen atoms in total. The maximum absolute atomic E-state index is 4.57. The molecule has 3 rings (SSSR count). The van der Waals surface area contributed by atoms with E-state index in [0.29, 0.717) is 0 Å². The molecular formula is C16H17N3S. The van der Waals surface area contributed by atoms with Crippen molar-refractivity contribution in [2.75, 3.05) is 6.54 Å². The Bertz CT molecular complexity index is 720. The SMILES string of the molecule is CCNC(c1cnc2ccccc2c1)c1scnc1C. The zero-order valence-corrected chi connectivity index (χ0v) is 12.4. The normalized spacial score (nSPS) is 12.7. The van der Waals surface area contributed by atoms with Gasteiger partial charge in [0, 0.05) is 16.5 Å². The molecule has 20 heavy (non-hydrogen) atoms. The number of para-hydroxylation sites is 1. The number of pyridine rings is 1. The second-order valence-electron chi connectivity index (χ2n) is 4.75. The third kappa shape index (κ3) is 2.44. The summed E-state index contributed by atoms with van der Waals surface area (Å²) in [5, 5.41) is 4.71. The van der Waals surface area contributed by atoms with Crippen LogP contribution in [0.5, 0.6) is 0 Å². The number of nitrogens with one attached hydrogen (secondary N) is 1. The van der Waals surface area contributed by atoms with Crippen LogP contribution in [-0.2, 0) is 0 Å². The smallest absolute Gasteiger partial charge is 0.0798 e. The quantitative estimate of drug-likeness (QED) is 0.793. The van der Waals surface area contributed by atoms with Gasteiger partial charge in [-0.3, -0.25) is 4.98 Å². The highest BCUT2D eigenvalue weighted by atomic mass is 32.1. The lowest BCUT2D eigenvalue weighted by atomic mass is 10.0. The summed E-state index contributed by atoms with van der Waals surface area (Å²) in [6.45, 7) is 5.09. The van der Waals surface area contributed by atoms with E-state index in [1.807, 2.05) is 29.9 Å². The van der Waals surface area contributed by atoms with Crippen LogP contribution in [0, 0.1) is 6.92 Å². The van der Waals surface area contributed by atoms with Crippen molar-refractivity contribution in [3.05, 3.63) is 58.2 Å². The molecule has 3 aromatic rings. The van der Waals surface area contributed by atoms with Gasteiger partial charge in [-0.05, 0) is 31.2 Å². The van der Waals surface area contributed by atoms with E-state index in [2.05, 4.69) is 41.3 Å². The average molecular weight is 283 g/mol. The highest BCUT2D eigenvalue weighted by Gasteiger charge is 2.18. The number of fused-ring (bicyclic) bond motifs is 1. The van der Waals surface area contributed by atoms with E-state index in [1.54, 1.807) is 11.3 Å². The molecule has 1 unspecified atom stereocenters. The zero-order valence-electron chi connectivity index (χ0n) is 11.6. The van der Waals surface area contributed by atoms with Crippen LogP contribution in [0.1, 0.15) is 29.1 Å². The molecule has 1 N–H and O–H groups in total. The van der Waals surface area contributed by atoms with E-state index in [-0.39, 0.29) is 6.04 Å². The highest BCUT2D eigenvalue weighted by Crippen LogP contribution is 2.29. The van der Waals surface area contributed by atoms with Crippen LogP contribution in [0.2, 0.25) is 0 Å². The maximum atomic E-state index is 4.57. The first-order chi connectivity index (χ1) is 9.79. The second kappa shape index (κ2) is 5.69. The van der Waals surface area contributed by atoms with Crippen LogP contribution in [0.25, 0.3) is 10.9 Å². The fraction of sp³-hybridized carbons (Fsp3) is 0.250. The van der Waals surface area contributed by atoms with Gasteiger partial charge >= 0.3 is 0 Å². The van der Waals surface area contributed by atoms with Crippen LogP contribution in [0.4, 0.5) is 0 Å². The van der Waals surface area contributed by atoms with Crippen molar-refractivity contribution in [1.29, 1.82) is 0 Å². The van der Waals surface area contributed by atoms with Crippen LogP contribution in [-0.4, -0.2) is 16.5 Å². The van der Waals surface area contributed by atoms with Gasteiger partial charge in [0.15, 0.2) is 0 Å². The third-order valence-electron chi connectivity index (χ3n) is 3.40. The van der Waals surface area contributed by atoms with Crippen molar-refractivity contribution in [2.24, 2.45) is 0 Å². The summed E-state index contributed by atoms with van der Waals surface area (Å²) in [5.74, 6) is 0. The van der Waals surface area contributed by atoms with Gasteiger partial charge in [-0.25, -0.2) is 4.98 Å². The molecule has 2 heterocycles. The van der Waals surface area contributed by atoms with Gasteiger partial charge in [0.1, 0.15) is 0 Å². The van der Waals surface area contributed by atoms with Gasteiger partial charge in [0.2, 0.25) is 0 Å². The molecule has 0 aliphatic rings. The Hall–Kier alpha value is -1.78. The molecule has 0 saturated carbocycles. The van der Waals surface area contributed by atoms with Crippen LogP contribution in [0.15, 0.2) is 42.0 Å². The zero-order chi connectivity index (χ0) is 13.9. The number of rotatable bonds is 4. The van der Waals surface area contributed by atoms with Gasteiger partial charge < -0.3 is 5.32 Å². The number of hydrogen-bond donors (Lipinski definition) is 1. The number of thiazole rings is 1. The summed E-state index contributed by atoms with van der Waals surface area (Å²) in [6.07, 6.45) is 1.97. The van der Waals surface area contributed by atoms with Crippen LogP contribution < -0.4 is 5.32 Å². The molecule has 0 spiro atoms. The first-order valence-electron chi connectivity index (χ1n) is 6.77. The fourth-order valence-electron chi connectivity index (χ4n) is 2.40. The van der Waals surface area contributed by atoms with Gasteiger partial charge in [-0.15, -0.1) is 11.3 Å². The number of nitrogens with zero attached hydrogens (tertiary/aromatic N) is 2. The Morgan fingerprint density at radius 3 is 2.85 bits per heavy atom. The number of aromatic nitrogens is 2. The first-order valence-corrected chi connectivity index (χ1v) is 7.65. The van der Waals surface area contributed by atoms with Crippen molar-refractivity contribution in [1.82, 2.24) is 15.3 Å². The van der Waals surface area contributed by atoms with E-state index in [9.17, 15) is 0 Å². The molecular weight excluding hydrogens is 266 g/mol. The molecule has 4 heteroatoms. The number of benzene rings is 1. The Morgan fingerprint density at radius 1 is 1.25 bits per heavy atom. The summed E-state index contributed by atoms with van der Waals surface area (Å²) in [4.78, 5) is 10.2. The van der Waals surface area contributed by atoms with E-state index < -0.39 is 0 Å². The Morgan fingerprint density at radius 2 is 2.10 bits per heavy atom. The van der Waals surface area contributed by atoms with Crippen molar-refractivity contribution in [3.8, 4) is 0 Å². The topological polar surface area (TPSA) is 37.8 Å². The molecule has 0 amide bonds. The van der Waals surface area contributed by atoms with E-state index >= 15 is 0 Å². The Kier molecular flexibility index (Phi) is 3.76. The monoisotopic (exact) mass is 283 g/mol. The number of hydrogen-bond acceptors (Lipinski definition) is 4. The Balaban J connectivity index is 2.07. The molecule has 0 saturated heterocycles. The van der Waals surface area contributed by atoms with Crippen LogP contribution >= 0.6 is 11.3 Å². The lowest BCUT2D eigenvalue weighted by Crippen LogP contribution is -2.22. The molecule has 1 aromatic carbocycles. The molecule has 0 bridgehead atoms. The highest BCUT2D eigenvalue weighted by molar-refractivity contribution is 7.09. The largest absolute Gasteiger partial charge is 0.306 e. The molecule has 2 aromatic heterocycles. The van der Waals surface area contributed by atoms with Crippen molar-refractivity contribution in [3.63, 3.8) is 0 Å². The third-order valence-corrected chi connectivity index (χ3v) is 4.39. The van der Waals surface area contributed by atoms with E-state index in [4.69, 9.17) is 0 Å². The molecule has 102 valence electrons. The fourth-order valence-corrected chi connectivity index (χ4v) is 3.30. The van der Waals surface area contributed by atoms with Gasteiger partial charge in [-0.1, -0.05) is 25.1 Å². The molecule has 1 atom stereocenters. The minimum atomic E-state index is 0.171. The summed E-state index contributed by atoms with van der Waals surface area (Å²) >= 11 is 1.70. The predicted octanol–water partition coefficient (Wildman–Crippen LogP) is 3.70. The van der Waals surface area contributed by atoms with Gasteiger partial charge in [-0.2, -0.15) is 0 Å². The lowest BCUT2D eigenvalue weighted by molar-refractivity contribution is 0.634. The first kappa shape index (κ1) is 13.2. The summed E-state index contributed by atoms with van der Waals surface area (Å²) in [6, 6.07) is 10.6.